The molecule has 5 rings (SSSR count). The van der Waals surface area contributed by atoms with Gasteiger partial charge >= 0.3 is 0 Å². The van der Waals surface area contributed by atoms with Gasteiger partial charge in [-0.25, -0.2) is 18.7 Å². The van der Waals surface area contributed by atoms with Gasteiger partial charge in [-0.3, -0.25) is 14.5 Å². The molecule has 0 bridgehead atoms. The second kappa shape index (κ2) is 7.81. The number of pyridine rings is 2. The van der Waals surface area contributed by atoms with E-state index in [1.165, 1.54) is 0 Å². The summed E-state index contributed by atoms with van der Waals surface area (Å²) in [6, 6.07) is 15.8. The van der Waals surface area contributed by atoms with E-state index >= 15 is 0 Å². The SMILES string of the molecule is Cc1nc2ccc(-c3ccncc3)nc2n1-c1ccc(CN2CCCC(F)(F)C2)cc1. The fourth-order valence-corrected chi connectivity index (χ4v) is 4.25. The van der Waals surface area contributed by atoms with Crippen LogP contribution in [0, 0.1) is 6.92 Å². The molecule has 0 atom stereocenters. The summed E-state index contributed by atoms with van der Waals surface area (Å²) in [6.07, 6.45) is 4.03. The first-order valence-electron chi connectivity index (χ1n) is 10.4. The van der Waals surface area contributed by atoms with E-state index in [4.69, 9.17) is 4.98 Å². The lowest BCUT2D eigenvalue weighted by Gasteiger charge is -2.32. The second-order valence-corrected chi connectivity index (χ2v) is 8.11. The van der Waals surface area contributed by atoms with Crippen LogP contribution in [0.3, 0.4) is 0 Å². The highest BCUT2D eigenvalue weighted by Gasteiger charge is 2.34. The summed E-state index contributed by atoms with van der Waals surface area (Å²) in [5.74, 6) is -1.73. The molecule has 3 aromatic heterocycles. The van der Waals surface area contributed by atoms with Crippen LogP contribution < -0.4 is 0 Å². The van der Waals surface area contributed by atoms with Gasteiger partial charge < -0.3 is 0 Å². The highest BCUT2D eigenvalue weighted by atomic mass is 19.3. The minimum absolute atomic E-state index is 0.0100. The average Bonchev–Trinajstić information content (AvgIpc) is 3.09. The van der Waals surface area contributed by atoms with Gasteiger partial charge in [-0.2, -0.15) is 0 Å². The van der Waals surface area contributed by atoms with Crippen molar-refractivity contribution in [3.8, 4) is 16.9 Å². The lowest BCUT2D eigenvalue weighted by atomic mass is 10.1. The van der Waals surface area contributed by atoms with Crippen molar-refractivity contribution in [1.29, 1.82) is 0 Å². The number of halogens is 2. The number of benzene rings is 1. The maximum atomic E-state index is 13.7. The predicted molar refractivity (Wildman–Crippen MR) is 116 cm³/mol. The van der Waals surface area contributed by atoms with E-state index < -0.39 is 5.92 Å². The molecule has 4 aromatic rings. The third kappa shape index (κ3) is 4.05. The molecule has 158 valence electrons. The molecule has 1 aliphatic heterocycles. The van der Waals surface area contributed by atoms with Gasteiger partial charge in [-0.15, -0.1) is 0 Å². The standard InChI is InChI=1S/C24H23F2N5/c1-17-28-22-8-7-21(19-9-12-27-13-10-19)29-23(22)31(17)20-5-3-18(4-6-20)15-30-14-2-11-24(25,26)16-30/h3-10,12-13H,2,11,14-16H2,1H3. The lowest BCUT2D eigenvalue weighted by molar-refractivity contribution is -0.0661. The summed E-state index contributed by atoms with van der Waals surface area (Å²) < 4.78 is 29.4. The van der Waals surface area contributed by atoms with Crippen molar-refractivity contribution in [1.82, 2.24) is 24.4 Å². The van der Waals surface area contributed by atoms with E-state index in [1.54, 1.807) is 12.4 Å². The number of aryl methyl sites for hydroxylation is 1. The van der Waals surface area contributed by atoms with Gasteiger partial charge in [0.05, 0.1) is 12.2 Å². The van der Waals surface area contributed by atoms with Gasteiger partial charge in [0.25, 0.3) is 5.92 Å². The van der Waals surface area contributed by atoms with Crippen molar-refractivity contribution < 1.29 is 8.78 Å². The fourth-order valence-electron chi connectivity index (χ4n) is 4.25. The van der Waals surface area contributed by atoms with Crippen LogP contribution in [0.2, 0.25) is 0 Å². The number of piperidine rings is 1. The zero-order chi connectivity index (χ0) is 21.4. The molecule has 7 heteroatoms. The van der Waals surface area contributed by atoms with Crippen LogP contribution in [0.15, 0.2) is 60.9 Å². The predicted octanol–water partition coefficient (Wildman–Crippen LogP) is 5.02. The highest BCUT2D eigenvalue weighted by Crippen LogP contribution is 2.28. The van der Waals surface area contributed by atoms with E-state index in [0.717, 1.165) is 39.5 Å². The van der Waals surface area contributed by atoms with E-state index in [0.29, 0.717) is 19.5 Å². The molecule has 1 aliphatic rings. The lowest BCUT2D eigenvalue weighted by Crippen LogP contribution is -2.41. The van der Waals surface area contributed by atoms with E-state index in [2.05, 4.69) is 9.97 Å². The summed E-state index contributed by atoms with van der Waals surface area (Å²) in [4.78, 5) is 15.4. The number of aromatic nitrogens is 4. The first-order valence-corrected chi connectivity index (χ1v) is 10.4. The van der Waals surface area contributed by atoms with Crippen molar-refractivity contribution in [3.63, 3.8) is 0 Å². The first kappa shape index (κ1) is 19.8. The molecule has 0 radical (unpaired) electrons. The molecule has 0 unspecified atom stereocenters. The third-order valence-electron chi connectivity index (χ3n) is 5.72. The molecule has 0 N–H and O–H groups in total. The number of fused-ring (bicyclic) bond motifs is 1. The van der Waals surface area contributed by atoms with E-state index in [9.17, 15) is 8.78 Å². The molecule has 1 saturated heterocycles. The van der Waals surface area contributed by atoms with Crippen LogP contribution in [0.4, 0.5) is 8.78 Å². The number of alkyl halides is 2. The van der Waals surface area contributed by atoms with E-state index in [1.807, 2.05) is 64.9 Å². The van der Waals surface area contributed by atoms with Crippen LogP contribution in [0.5, 0.6) is 0 Å². The molecule has 0 amide bonds. The Kier molecular flexibility index (Phi) is 4.98. The number of imidazole rings is 1. The van der Waals surface area contributed by atoms with E-state index in [-0.39, 0.29) is 13.0 Å². The Morgan fingerprint density at radius 2 is 1.74 bits per heavy atom. The fraction of sp³-hybridized carbons (Fsp3) is 0.292. The van der Waals surface area contributed by atoms with Gasteiger partial charge in [-0.1, -0.05) is 12.1 Å². The molecule has 0 aliphatic carbocycles. The Bertz CT molecular complexity index is 1200. The molecule has 4 heterocycles. The van der Waals surface area contributed by atoms with Crippen LogP contribution in [0.1, 0.15) is 24.2 Å². The van der Waals surface area contributed by atoms with Crippen LogP contribution in [0.25, 0.3) is 28.1 Å². The van der Waals surface area contributed by atoms with Crippen LogP contribution >= 0.6 is 0 Å². The van der Waals surface area contributed by atoms with Gasteiger partial charge in [0, 0.05) is 36.6 Å². The number of nitrogens with zero attached hydrogens (tertiary/aromatic N) is 5. The Hall–Kier alpha value is -3.19. The Morgan fingerprint density at radius 3 is 2.48 bits per heavy atom. The number of rotatable bonds is 4. The quantitative estimate of drug-likeness (QED) is 0.466. The number of likely N-dealkylation sites (tertiary alicyclic amines) is 1. The number of hydrogen-bond acceptors (Lipinski definition) is 4. The van der Waals surface area contributed by atoms with Crippen molar-refractivity contribution in [2.45, 2.75) is 32.2 Å². The van der Waals surface area contributed by atoms with Gasteiger partial charge in [-0.05, 0) is 61.9 Å². The first-order chi connectivity index (χ1) is 15.0. The maximum absolute atomic E-state index is 13.7. The molecule has 1 fully saturated rings. The summed E-state index contributed by atoms with van der Waals surface area (Å²) in [6.45, 7) is 3.04. The van der Waals surface area contributed by atoms with Gasteiger partial charge in [0.2, 0.25) is 0 Å². The largest absolute Gasteiger partial charge is 0.293 e. The maximum Gasteiger partial charge on any atom is 0.260 e. The molecule has 1 aromatic carbocycles. The highest BCUT2D eigenvalue weighted by molar-refractivity contribution is 5.78. The molecular formula is C24H23F2N5. The van der Waals surface area contributed by atoms with Crippen LogP contribution in [-0.4, -0.2) is 43.4 Å². The molecule has 0 saturated carbocycles. The Morgan fingerprint density at radius 1 is 0.968 bits per heavy atom. The second-order valence-electron chi connectivity index (χ2n) is 8.11. The molecule has 31 heavy (non-hydrogen) atoms. The smallest absolute Gasteiger partial charge is 0.260 e. The molecular weight excluding hydrogens is 396 g/mol. The van der Waals surface area contributed by atoms with Gasteiger partial charge in [0.1, 0.15) is 11.3 Å². The molecule has 0 spiro atoms. The minimum Gasteiger partial charge on any atom is -0.293 e. The summed E-state index contributed by atoms with van der Waals surface area (Å²) in [5, 5.41) is 0. The topological polar surface area (TPSA) is 46.8 Å². The monoisotopic (exact) mass is 419 g/mol. The van der Waals surface area contributed by atoms with Crippen molar-refractivity contribution in [3.05, 3.63) is 72.3 Å². The summed E-state index contributed by atoms with van der Waals surface area (Å²) in [7, 11) is 0. The Balaban J connectivity index is 1.44. The van der Waals surface area contributed by atoms with Crippen LogP contribution in [-0.2, 0) is 6.54 Å². The zero-order valence-electron chi connectivity index (χ0n) is 17.3. The van der Waals surface area contributed by atoms with Crippen molar-refractivity contribution >= 4 is 11.2 Å². The Labute approximate surface area is 179 Å². The normalized spacial score (nSPS) is 16.6. The third-order valence-corrected chi connectivity index (χ3v) is 5.72. The minimum atomic E-state index is -2.58. The van der Waals surface area contributed by atoms with Crippen molar-refractivity contribution in [2.75, 3.05) is 13.1 Å². The molecule has 5 nitrogen and oxygen atoms in total. The summed E-state index contributed by atoms with van der Waals surface area (Å²) in [5.41, 5.74) is 5.45. The van der Waals surface area contributed by atoms with Crippen molar-refractivity contribution in [2.24, 2.45) is 0 Å². The van der Waals surface area contributed by atoms with Gasteiger partial charge in [0.15, 0.2) is 5.65 Å². The number of hydrogen-bond donors (Lipinski definition) is 0. The summed E-state index contributed by atoms with van der Waals surface area (Å²) >= 11 is 0. The average molecular weight is 419 g/mol. The zero-order valence-corrected chi connectivity index (χ0v) is 17.3.